The van der Waals surface area contributed by atoms with Crippen molar-refractivity contribution in [3.63, 3.8) is 0 Å². The van der Waals surface area contributed by atoms with Crippen LogP contribution in [0.5, 0.6) is 5.75 Å². The van der Waals surface area contributed by atoms with Gasteiger partial charge >= 0.3 is 0 Å². The maximum atomic E-state index is 5.53. The van der Waals surface area contributed by atoms with E-state index >= 15 is 0 Å². The first-order chi connectivity index (χ1) is 11.6. The minimum atomic E-state index is -0.220. The lowest BCUT2D eigenvalue weighted by atomic mass is 10.0. The Balaban J connectivity index is 2.07. The lowest BCUT2D eigenvalue weighted by Gasteiger charge is -2.21. The quantitative estimate of drug-likeness (QED) is 0.782. The predicted molar refractivity (Wildman–Crippen MR) is 93.2 cm³/mol. The lowest BCUT2D eigenvalue weighted by Crippen LogP contribution is -2.19. The highest BCUT2D eigenvalue weighted by molar-refractivity contribution is 5.45. The zero-order valence-corrected chi connectivity index (χ0v) is 14.3. The number of aryl methyl sites for hydroxylation is 3. The summed E-state index contributed by atoms with van der Waals surface area (Å²) in [5.41, 5.74) is 2.82. The summed E-state index contributed by atoms with van der Waals surface area (Å²) >= 11 is 0. The molecular weight excluding hydrogens is 302 g/mol. The molecule has 0 amide bonds. The van der Waals surface area contributed by atoms with Crippen LogP contribution >= 0.6 is 0 Å². The number of hydrogen-bond donors (Lipinski definition) is 1. The summed E-state index contributed by atoms with van der Waals surface area (Å²) in [6, 6.07) is 9.62. The molecule has 6 heteroatoms. The summed E-state index contributed by atoms with van der Waals surface area (Å²) < 4.78 is 7.51. The number of rotatable bonds is 5. The van der Waals surface area contributed by atoms with Crippen molar-refractivity contribution < 1.29 is 4.74 Å². The van der Waals surface area contributed by atoms with Gasteiger partial charge in [-0.15, -0.1) is 0 Å². The van der Waals surface area contributed by atoms with Gasteiger partial charge in [-0.1, -0.05) is 18.2 Å². The number of methoxy groups -OCH3 is 1. The Morgan fingerprint density at radius 1 is 1.12 bits per heavy atom. The molecule has 124 valence electrons. The molecule has 0 radical (unpaired) electrons. The molecule has 0 spiro atoms. The minimum absolute atomic E-state index is 0.220. The van der Waals surface area contributed by atoms with Gasteiger partial charge in [-0.3, -0.25) is 0 Å². The number of nitrogens with zero attached hydrogens (tertiary/aromatic N) is 4. The van der Waals surface area contributed by atoms with Crippen LogP contribution in [0.3, 0.4) is 0 Å². The van der Waals surface area contributed by atoms with E-state index in [4.69, 9.17) is 4.74 Å². The molecule has 0 aliphatic rings. The van der Waals surface area contributed by atoms with Gasteiger partial charge < -0.3 is 14.6 Å². The number of hydrogen-bond acceptors (Lipinski definition) is 5. The van der Waals surface area contributed by atoms with Crippen molar-refractivity contribution in [3.8, 4) is 5.75 Å². The highest BCUT2D eigenvalue weighted by Gasteiger charge is 2.22. The Labute approximate surface area is 141 Å². The molecule has 1 atom stereocenters. The van der Waals surface area contributed by atoms with Crippen LogP contribution in [0, 0.1) is 13.8 Å². The number of benzene rings is 1. The first-order valence-electron chi connectivity index (χ1n) is 7.77. The van der Waals surface area contributed by atoms with Crippen LogP contribution in [-0.2, 0) is 7.05 Å². The average molecular weight is 323 g/mol. The topological polar surface area (TPSA) is 64.9 Å². The van der Waals surface area contributed by atoms with E-state index in [2.05, 4.69) is 20.3 Å². The third kappa shape index (κ3) is 3.22. The fourth-order valence-corrected chi connectivity index (χ4v) is 2.76. The van der Waals surface area contributed by atoms with Crippen LogP contribution in [0.4, 0.5) is 5.95 Å². The SMILES string of the molecule is COc1ccccc1C(Nc1nc(C)cc(C)n1)c1nccn1C. The molecule has 2 aromatic heterocycles. The van der Waals surface area contributed by atoms with Gasteiger partial charge in [0.1, 0.15) is 17.6 Å². The first-order valence-corrected chi connectivity index (χ1v) is 7.77. The molecule has 0 aliphatic heterocycles. The van der Waals surface area contributed by atoms with E-state index in [1.807, 2.05) is 62.0 Å². The summed E-state index contributed by atoms with van der Waals surface area (Å²) in [5.74, 6) is 2.23. The molecule has 2 heterocycles. The predicted octanol–water partition coefficient (Wildman–Crippen LogP) is 3.04. The molecule has 0 fully saturated rings. The van der Waals surface area contributed by atoms with Gasteiger partial charge in [-0.2, -0.15) is 0 Å². The normalized spacial score (nSPS) is 12.0. The number of ether oxygens (including phenoxy) is 1. The Morgan fingerprint density at radius 2 is 1.83 bits per heavy atom. The van der Waals surface area contributed by atoms with Crippen molar-refractivity contribution in [2.24, 2.45) is 7.05 Å². The average Bonchev–Trinajstić information content (AvgIpc) is 2.97. The van der Waals surface area contributed by atoms with E-state index in [-0.39, 0.29) is 6.04 Å². The molecule has 3 rings (SSSR count). The largest absolute Gasteiger partial charge is 0.496 e. The molecule has 0 aliphatic carbocycles. The monoisotopic (exact) mass is 323 g/mol. The number of nitrogens with one attached hydrogen (secondary N) is 1. The van der Waals surface area contributed by atoms with Gasteiger partial charge in [-0.25, -0.2) is 15.0 Å². The van der Waals surface area contributed by atoms with Crippen molar-refractivity contribution in [1.29, 1.82) is 0 Å². The van der Waals surface area contributed by atoms with Crippen LogP contribution in [0.2, 0.25) is 0 Å². The third-order valence-electron chi connectivity index (χ3n) is 3.82. The van der Waals surface area contributed by atoms with Crippen molar-refractivity contribution in [2.75, 3.05) is 12.4 Å². The molecular formula is C18H21N5O. The Bertz CT molecular complexity index is 823. The van der Waals surface area contributed by atoms with Crippen LogP contribution in [-0.4, -0.2) is 26.6 Å². The van der Waals surface area contributed by atoms with E-state index in [9.17, 15) is 0 Å². The first kappa shape index (κ1) is 16.0. The maximum Gasteiger partial charge on any atom is 0.223 e. The molecule has 1 aromatic carbocycles. The Kier molecular flexibility index (Phi) is 4.46. The summed E-state index contributed by atoms with van der Waals surface area (Å²) in [5, 5.41) is 3.41. The standard InChI is InChI=1S/C18H21N5O/c1-12-11-13(2)21-18(20-12)22-16(17-19-9-10-23(17)3)14-7-5-6-8-15(14)24-4/h5-11,16H,1-4H3,(H,20,21,22). The van der Waals surface area contributed by atoms with Crippen LogP contribution in [0.25, 0.3) is 0 Å². The Morgan fingerprint density at radius 3 is 2.46 bits per heavy atom. The van der Waals surface area contributed by atoms with Crippen LogP contribution in [0.15, 0.2) is 42.7 Å². The van der Waals surface area contributed by atoms with Gasteiger partial charge in [0.25, 0.3) is 0 Å². The molecule has 0 saturated carbocycles. The lowest BCUT2D eigenvalue weighted by molar-refractivity contribution is 0.408. The zero-order valence-electron chi connectivity index (χ0n) is 14.3. The van der Waals surface area contributed by atoms with E-state index in [1.54, 1.807) is 13.3 Å². The maximum absolute atomic E-state index is 5.53. The summed E-state index contributed by atoms with van der Waals surface area (Å²) in [6.45, 7) is 3.91. The summed E-state index contributed by atoms with van der Waals surface area (Å²) in [6.07, 6.45) is 3.70. The Hall–Kier alpha value is -2.89. The van der Waals surface area contributed by atoms with Gasteiger partial charge in [-0.05, 0) is 26.0 Å². The van der Waals surface area contributed by atoms with Crippen molar-refractivity contribution >= 4 is 5.95 Å². The van der Waals surface area contributed by atoms with Crippen molar-refractivity contribution in [1.82, 2.24) is 19.5 Å². The number of imidazole rings is 1. The highest BCUT2D eigenvalue weighted by atomic mass is 16.5. The molecule has 1 N–H and O–H groups in total. The second-order valence-corrected chi connectivity index (χ2v) is 5.69. The van der Waals surface area contributed by atoms with E-state index in [0.717, 1.165) is 28.5 Å². The van der Waals surface area contributed by atoms with Crippen molar-refractivity contribution in [3.05, 3.63) is 65.5 Å². The smallest absolute Gasteiger partial charge is 0.223 e. The molecule has 0 saturated heterocycles. The van der Waals surface area contributed by atoms with Gasteiger partial charge in [0.05, 0.1) is 7.11 Å². The van der Waals surface area contributed by atoms with Crippen LogP contribution < -0.4 is 10.1 Å². The van der Waals surface area contributed by atoms with Gasteiger partial charge in [0, 0.05) is 36.4 Å². The van der Waals surface area contributed by atoms with E-state index in [1.165, 1.54) is 0 Å². The van der Waals surface area contributed by atoms with Crippen LogP contribution in [0.1, 0.15) is 28.8 Å². The number of para-hydroxylation sites is 1. The van der Waals surface area contributed by atoms with Gasteiger partial charge in [0.15, 0.2) is 0 Å². The fraction of sp³-hybridized carbons (Fsp3) is 0.278. The summed E-state index contributed by atoms with van der Waals surface area (Å²) in [7, 11) is 3.64. The second kappa shape index (κ2) is 6.70. The van der Waals surface area contributed by atoms with Crippen molar-refractivity contribution in [2.45, 2.75) is 19.9 Å². The van der Waals surface area contributed by atoms with E-state index in [0.29, 0.717) is 5.95 Å². The third-order valence-corrected chi connectivity index (χ3v) is 3.82. The van der Waals surface area contributed by atoms with E-state index < -0.39 is 0 Å². The number of aromatic nitrogens is 4. The van der Waals surface area contributed by atoms with Gasteiger partial charge in [0.2, 0.25) is 5.95 Å². The molecule has 0 bridgehead atoms. The molecule has 6 nitrogen and oxygen atoms in total. The number of anilines is 1. The molecule has 24 heavy (non-hydrogen) atoms. The molecule has 1 unspecified atom stereocenters. The fourth-order valence-electron chi connectivity index (χ4n) is 2.76. The second-order valence-electron chi connectivity index (χ2n) is 5.69. The minimum Gasteiger partial charge on any atom is -0.496 e. The zero-order chi connectivity index (χ0) is 17.1. The molecule has 3 aromatic rings. The summed E-state index contributed by atoms with van der Waals surface area (Å²) in [4.78, 5) is 13.5. The highest BCUT2D eigenvalue weighted by Crippen LogP contribution is 2.31.